The standard InChI is InChI=1S/C26H29ClN6O4S2/c1-14(2)31-7-5-15(6-8-31)28-25(35)24-29-22-18(13-38-23(22)26(36)32-11-17(34)12-32)33(24)10-16-9-19(37-30-16)20-3-4-21(27)39-20/h3-4,9,13-15,17,34H,5-8,10-12H2,1-2H3,(H,28,35). The van der Waals surface area contributed by atoms with E-state index in [1.54, 1.807) is 15.5 Å². The number of aromatic nitrogens is 3. The third-order valence-electron chi connectivity index (χ3n) is 7.35. The quantitative estimate of drug-likeness (QED) is 0.336. The Hall–Kier alpha value is -2.77. The monoisotopic (exact) mass is 588 g/mol. The van der Waals surface area contributed by atoms with Crippen molar-refractivity contribution in [2.45, 2.75) is 51.4 Å². The lowest BCUT2D eigenvalue weighted by Gasteiger charge is -2.35. The highest BCUT2D eigenvalue weighted by atomic mass is 35.5. The number of nitrogens with one attached hydrogen (secondary N) is 1. The average molecular weight is 589 g/mol. The minimum atomic E-state index is -0.495. The van der Waals surface area contributed by atoms with Crippen LogP contribution >= 0.6 is 34.3 Å². The van der Waals surface area contributed by atoms with E-state index in [0.717, 1.165) is 30.8 Å². The summed E-state index contributed by atoms with van der Waals surface area (Å²) in [5, 5.41) is 18.9. The summed E-state index contributed by atoms with van der Waals surface area (Å²) < 4.78 is 8.02. The number of rotatable bonds is 7. The van der Waals surface area contributed by atoms with Crippen molar-refractivity contribution in [3.63, 3.8) is 0 Å². The van der Waals surface area contributed by atoms with Gasteiger partial charge in [0.2, 0.25) is 0 Å². The fourth-order valence-electron chi connectivity index (χ4n) is 5.09. The molecule has 2 N–H and O–H groups in total. The Labute approximate surface area is 238 Å². The molecule has 39 heavy (non-hydrogen) atoms. The maximum Gasteiger partial charge on any atom is 0.287 e. The van der Waals surface area contributed by atoms with Gasteiger partial charge in [-0.25, -0.2) is 4.98 Å². The van der Waals surface area contributed by atoms with E-state index in [-0.39, 0.29) is 30.2 Å². The Kier molecular flexibility index (Phi) is 7.23. The van der Waals surface area contributed by atoms with Crippen LogP contribution in [0.5, 0.6) is 0 Å². The number of thiophene rings is 2. The summed E-state index contributed by atoms with van der Waals surface area (Å²) in [4.78, 5) is 36.7. The third-order valence-corrected chi connectivity index (χ3v) is 9.54. The van der Waals surface area contributed by atoms with Crippen molar-refractivity contribution in [2.75, 3.05) is 26.2 Å². The number of carbonyl (C=O) groups excluding carboxylic acids is 2. The molecule has 2 amide bonds. The van der Waals surface area contributed by atoms with E-state index >= 15 is 0 Å². The molecule has 0 spiro atoms. The molecule has 0 bridgehead atoms. The average Bonchev–Trinajstić information content (AvgIpc) is 3.67. The summed E-state index contributed by atoms with van der Waals surface area (Å²) in [5.41, 5.74) is 1.80. The first-order valence-electron chi connectivity index (χ1n) is 13.0. The molecule has 0 saturated carbocycles. The minimum absolute atomic E-state index is 0.0562. The van der Waals surface area contributed by atoms with Crippen LogP contribution in [0.3, 0.4) is 0 Å². The van der Waals surface area contributed by atoms with Gasteiger partial charge in [-0.2, -0.15) is 0 Å². The Morgan fingerprint density at radius 1 is 1.26 bits per heavy atom. The van der Waals surface area contributed by atoms with E-state index < -0.39 is 6.10 Å². The van der Waals surface area contributed by atoms with Crippen molar-refractivity contribution >= 4 is 57.1 Å². The Morgan fingerprint density at radius 3 is 2.69 bits per heavy atom. The zero-order chi connectivity index (χ0) is 27.3. The lowest BCUT2D eigenvalue weighted by Crippen LogP contribution is -2.53. The number of hydrogen-bond acceptors (Lipinski definition) is 9. The molecule has 2 saturated heterocycles. The summed E-state index contributed by atoms with van der Waals surface area (Å²) in [6.45, 7) is 7.09. The first-order chi connectivity index (χ1) is 18.8. The van der Waals surface area contributed by atoms with Gasteiger partial charge in [-0.3, -0.25) is 9.59 Å². The minimum Gasteiger partial charge on any atom is -0.389 e. The molecule has 206 valence electrons. The second kappa shape index (κ2) is 10.7. The SMILES string of the molecule is CC(C)N1CCC(NC(=O)c2nc3c(C(=O)N4CC(O)C4)scc3n2Cc2cc(-c3ccc(Cl)s3)on2)CC1. The molecule has 6 rings (SSSR count). The van der Waals surface area contributed by atoms with Gasteiger partial charge in [0.1, 0.15) is 16.1 Å². The number of fused-ring (bicyclic) bond motifs is 1. The van der Waals surface area contributed by atoms with Crippen LogP contribution in [0.25, 0.3) is 21.7 Å². The van der Waals surface area contributed by atoms with E-state index in [1.807, 2.05) is 17.5 Å². The largest absolute Gasteiger partial charge is 0.389 e. The van der Waals surface area contributed by atoms with Crippen molar-refractivity contribution in [1.82, 2.24) is 29.8 Å². The highest BCUT2D eigenvalue weighted by Crippen LogP contribution is 2.33. The predicted octanol–water partition coefficient (Wildman–Crippen LogP) is 3.94. The molecule has 6 heterocycles. The van der Waals surface area contributed by atoms with Crippen molar-refractivity contribution in [1.29, 1.82) is 0 Å². The summed E-state index contributed by atoms with van der Waals surface area (Å²) in [7, 11) is 0. The summed E-state index contributed by atoms with van der Waals surface area (Å²) >= 11 is 8.77. The predicted molar refractivity (Wildman–Crippen MR) is 151 cm³/mol. The molecule has 2 fully saturated rings. The van der Waals surface area contributed by atoms with Gasteiger partial charge in [0, 0.05) is 49.7 Å². The van der Waals surface area contributed by atoms with Gasteiger partial charge in [0.05, 0.1) is 27.4 Å². The Bertz CT molecular complexity index is 1510. The smallest absolute Gasteiger partial charge is 0.287 e. The summed E-state index contributed by atoms with van der Waals surface area (Å²) in [6.07, 6.45) is 1.25. The molecule has 0 aromatic carbocycles. The number of aliphatic hydroxyl groups excluding tert-OH is 1. The number of halogens is 1. The molecule has 4 aromatic heterocycles. The molecular weight excluding hydrogens is 560 g/mol. The number of carbonyl (C=O) groups is 2. The lowest BCUT2D eigenvalue weighted by molar-refractivity contribution is 0.00633. The molecule has 2 aliphatic heterocycles. The normalized spacial score (nSPS) is 17.3. The van der Waals surface area contributed by atoms with E-state index in [9.17, 15) is 14.7 Å². The Balaban J connectivity index is 1.29. The number of β-amino-alcohol motifs (C(OH)–C–C–N with tert-alkyl or cyclic N) is 1. The number of piperidine rings is 1. The molecule has 0 unspecified atom stereocenters. The van der Waals surface area contributed by atoms with Gasteiger partial charge >= 0.3 is 0 Å². The zero-order valence-electron chi connectivity index (χ0n) is 21.6. The van der Waals surface area contributed by atoms with Crippen LogP contribution in [0.4, 0.5) is 0 Å². The highest BCUT2D eigenvalue weighted by Gasteiger charge is 2.33. The van der Waals surface area contributed by atoms with Gasteiger partial charge in [-0.05, 0) is 38.8 Å². The number of nitrogens with zero attached hydrogens (tertiary/aromatic N) is 5. The molecule has 4 aromatic rings. The third kappa shape index (κ3) is 5.23. The number of amides is 2. The van der Waals surface area contributed by atoms with Crippen LogP contribution in [0.2, 0.25) is 4.34 Å². The number of aliphatic hydroxyl groups is 1. The maximum atomic E-state index is 13.6. The lowest BCUT2D eigenvalue weighted by atomic mass is 10.0. The van der Waals surface area contributed by atoms with Crippen LogP contribution in [-0.4, -0.2) is 85.8 Å². The van der Waals surface area contributed by atoms with Crippen molar-refractivity contribution in [2.24, 2.45) is 0 Å². The van der Waals surface area contributed by atoms with Gasteiger partial charge < -0.3 is 29.3 Å². The van der Waals surface area contributed by atoms with Gasteiger partial charge in [-0.1, -0.05) is 16.8 Å². The van der Waals surface area contributed by atoms with Crippen molar-refractivity contribution < 1.29 is 19.2 Å². The fraction of sp³-hybridized carbons (Fsp3) is 0.462. The molecule has 0 atom stereocenters. The van der Waals surface area contributed by atoms with Crippen LogP contribution in [0.1, 0.15) is 52.7 Å². The molecule has 0 aliphatic carbocycles. The number of imidazole rings is 1. The Morgan fingerprint density at radius 2 is 2.03 bits per heavy atom. The zero-order valence-corrected chi connectivity index (χ0v) is 24.0. The second-order valence-corrected chi connectivity index (χ2v) is 12.9. The maximum absolute atomic E-state index is 13.6. The molecule has 13 heteroatoms. The highest BCUT2D eigenvalue weighted by molar-refractivity contribution is 7.19. The van der Waals surface area contributed by atoms with Crippen LogP contribution in [0.15, 0.2) is 28.1 Å². The molecule has 2 aliphatic rings. The van der Waals surface area contributed by atoms with E-state index in [2.05, 4.69) is 29.2 Å². The summed E-state index contributed by atoms with van der Waals surface area (Å²) in [5.74, 6) is 0.376. The van der Waals surface area contributed by atoms with E-state index in [1.165, 1.54) is 22.7 Å². The topological polar surface area (TPSA) is 117 Å². The first-order valence-corrected chi connectivity index (χ1v) is 15.1. The number of likely N-dealkylation sites (tertiary alicyclic amines) is 2. The van der Waals surface area contributed by atoms with Crippen LogP contribution in [-0.2, 0) is 6.54 Å². The van der Waals surface area contributed by atoms with Crippen molar-refractivity contribution in [3.8, 4) is 10.6 Å². The molecule has 10 nitrogen and oxygen atoms in total. The first kappa shape index (κ1) is 26.5. The molecule has 0 radical (unpaired) electrons. The van der Waals surface area contributed by atoms with Gasteiger partial charge in [-0.15, -0.1) is 22.7 Å². The van der Waals surface area contributed by atoms with Gasteiger partial charge in [0.25, 0.3) is 11.8 Å². The summed E-state index contributed by atoms with van der Waals surface area (Å²) in [6, 6.07) is 6.05. The van der Waals surface area contributed by atoms with Crippen LogP contribution < -0.4 is 5.32 Å². The van der Waals surface area contributed by atoms with Crippen molar-refractivity contribution in [3.05, 3.63) is 44.3 Å². The molecular formula is C26H29ClN6O4S2. The number of hydrogen-bond donors (Lipinski definition) is 2. The van der Waals surface area contributed by atoms with E-state index in [4.69, 9.17) is 21.1 Å². The second-order valence-electron chi connectivity index (χ2n) is 10.3. The van der Waals surface area contributed by atoms with Crippen LogP contribution in [0, 0.1) is 0 Å². The van der Waals surface area contributed by atoms with Gasteiger partial charge in [0.15, 0.2) is 11.6 Å². The fourth-order valence-corrected chi connectivity index (χ4v) is 7.05. The van der Waals surface area contributed by atoms with E-state index in [0.29, 0.717) is 50.8 Å².